The molecule has 0 bridgehead atoms. The largest absolute Gasteiger partial charge is 0.506 e. The highest BCUT2D eigenvalue weighted by Crippen LogP contribution is 2.40. The average Bonchev–Trinajstić information content (AvgIpc) is 3.08. The molecule has 0 atom stereocenters. The Balaban J connectivity index is 1.91. The fraction of sp³-hybridized carbons (Fsp3) is 0.208. The van der Waals surface area contributed by atoms with Gasteiger partial charge in [-0.2, -0.15) is 0 Å². The fourth-order valence-corrected chi connectivity index (χ4v) is 3.82. The summed E-state index contributed by atoms with van der Waals surface area (Å²) in [6.07, 6.45) is 1.82. The number of aliphatic hydroxyl groups excluding tert-OH is 1. The third-order valence-electron chi connectivity index (χ3n) is 4.41. The van der Waals surface area contributed by atoms with Gasteiger partial charge in [-0.15, -0.1) is 0 Å². The summed E-state index contributed by atoms with van der Waals surface area (Å²) in [5.74, 6) is -1.25. The Kier molecular flexibility index (Phi) is 7.83. The van der Waals surface area contributed by atoms with Gasteiger partial charge in [0.1, 0.15) is 34.5 Å². The van der Waals surface area contributed by atoms with Crippen molar-refractivity contribution in [3.05, 3.63) is 81.7 Å². The SMILES string of the molecule is CCOC(=O)C1=C(O)/C(=C/c2ccccc2OCc2ccc(F)cc2)SC1=NC(=O)CC. The van der Waals surface area contributed by atoms with Crippen molar-refractivity contribution in [3.63, 3.8) is 0 Å². The molecule has 0 spiro atoms. The van der Waals surface area contributed by atoms with E-state index in [0.717, 1.165) is 17.3 Å². The first kappa shape index (κ1) is 23.3. The molecule has 6 nitrogen and oxygen atoms in total. The Hall–Kier alpha value is -3.39. The Labute approximate surface area is 189 Å². The van der Waals surface area contributed by atoms with Crippen LogP contribution in [0.5, 0.6) is 5.75 Å². The highest BCUT2D eigenvalue weighted by molar-refractivity contribution is 8.18. The predicted molar refractivity (Wildman–Crippen MR) is 122 cm³/mol. The second-order valence-electron chi connectivity index (χ2n) is 6.67. The van der Waals surface area contributed by atoms with Crippen molar-refractivity contribution in [2.75, 3.05) is 6.61 Å². The van der Waals surface area contributed by atoms with Crippen molar-refractivity contribution in [2.24, 2.45) is 4.99 Å². The molecule has 0 aromatic heterocycles. The number of hydrogen-bond donors (Lipinski definition) is 1. The number of para-hydroxylation sites is 1. The molecule has 1 aliphatic rings. The Morgan fingerprint density at radius 3 is 2.53 bits per heavy atom. The lowest BCUT2D eigenvalue weighted by atomic mass is 10.1. The summed E-state index contributed by atoms with van der Waals surface area (Å²) in [5, 5.41) is 10.8. The van der Waals surface area contributed by atoms with E-state index in [1.54, 1.807) is 56.3 Å². The van der Waals surface area contributed by atoms with Crippen molar-refractivity contribution in [2.45, 2.75) is 26.9 Å². The Morgan fingerprint density at radius 1 is 1.12 bits per heavy atom. The molecule has 1 N–H and O–H groups in total. The second-order valence-corrected chi connectivity index (χ2v) is 7.70. The molecule has 3 rings (SSSR count). The van der Waals surface area contributed by atoms with Gasteiger partial charge < -0.3 is 14.6 Å². The van der Waals surface area contributed by atoms with Gasteiger partial charge in [-0.25, -0.2) is 14.2 Å². The normalized spacial score (nSPS) is 16.0. The maximum Gasteiger partial charge on any atom is 0.344 e. The van der Waals surface area contributed by atoms with Crippen molar-refractivity contribution in [1.82, 2.24) is 0 Å². The minimum atomic E-state index is -0.746. The Morgan fingerprint density at radius 2 is 1.84 bits per heavy atom. The topological polar surface area (TPSA) is 85.2 Å². The third-order valence-corrected chi connectivity index (χ3v) is 5.43. The molecule has 0 aliphatic carbocycles. The minimum Gasteiger partial charge on any atom is -0.506 e. The highest BCUT2D eigenvalue weighted by atomic mass is 32.2. The van der Waals surface area contributed by atoms with Crippen LogP contribution in [0.2, 0.25) is 0 Å². The molecule has 2 aromatic carbocycles. The maximum absolute atomic E-state index is 13.1. The molecule has 0 unspecified atom stereocenters. The molecule has 2 aromatic rings. The van der Waals surface area contributed by atoms with Crippen LogP contribution in [0.1, 0.15) is 31.4 Å². The van der Waals surface area contributed by atoms with E-state index in [-0.39, 0.29) is 41.8 Å². The zero-order valence-corrected chi connectivity index (χ0v) is 18.4. The molecule has 166 valence electrons. The molecule has 1 amide bonds. The highest BCUT2D eigenvalue weighted by Gasteiger charge is 2.33. The number of carbonyl (C=O) groups is 2. The van der Waals surface area contributed by atoms with Crippen LogP contribution in [-0.2, 0) is 20.9 Å². The first-order valence-corrected chi connectivity index (χ1v) is 10.8. The number of hydrogen-bond acceptors (Lipinski definition) is 6. The molecular formula is C24H22FNO5S. The minimum absolute atomic E-state index is 0.101. The van der Waals surface area contributed by atoms with Gasteiger partial charge in [0, 0.05) is 12.0 Å². The van der Waals surface area contributed by atoms with E-state index in [9.17, 15) is 19.1 Å². The van der Waals surface area contributed by atoms with E-state index in [0.29, 0.717) is 16.2 Å². The maximum atomic E-state index is 13.1. The van der Waals surface area contributed by atoms with Gasteiger partial charge in [0.15, 0.2) is 0 Å². The molecule has 0 radical (unpaired) electrons. The van der Waals surface area contributed by atoms with Gasteiger partial charge in [-0.3, -0.25) is 4.79 Å². The number of aliphatic imine (C=N–C) groups is 1. The lowest BCUT2D eigenvalue weighted by Crippen LogP contribution is -2.14. The summed E-state index contributed by atoms with van der Waals surface area (Å²) in [6.45, 7) is 3.65. The standard InChI is InChI=1S/C24H22FNO5S/c1-3-20(27)26-23-21(24(29)30-4-2)22(28)19(32-23)13-16-7-5-6-8-18(16)31-14-15-9-11-17(25)12-10-15/h5-13,28H,3-4,14H2,1-2H3/b19-13-,26-23?. The van der Waals surface area contributed by atoms with Crippen LogP contribution in [0.3, 0.4) is 0 Å². The molecule has 8 heteroatoms. The van der Waals surface area contributed by atoms with Gasteiger partial charge in [0.25, 0.3) is 0 Å². The number of rotatable bonds is 7. The monoisotopic (exact) mass is 455 g/mol. The van der Waals surface area contributed by atoms with Gasteiger partial charge in [0.05, 0.1) is 11.5 Å². The van der Waals surface area contributed by atoms with Crippen LogP contribution in [0.15, 0.2) is 69.8 Å². The Bertz CT molecular complexity index is 1110. The number of esters is 1. The number of halogens is 1. The molecule has 0 fully saturated rings. The predicted octanol–water partition coefficient (Wildman–Crippen LogP) is 5.20. The van der Waals surface area contributed by atoms with Gasteiger partial charge in [-0.05, 0) is 36.8 Å². The van der Waals surface area contributed by atoms with Crippen LogP contribution in [-0.4, -0.2) is 28.6 Å². The summed E-state index contributed by atoms with van der Waals surface area (Å²) in [5.41, 5.74) is 1.31. The second kappa shape index (κ2) is 10.8. The summed E-state index contributed by atoms with van der Waals surface area (Å²) < 4.78 is 24.0. The van der Waals surface area contributed by atoms with E-state index in [4.69, 9.17) is 9.47 Å². The van der Waals surface area contributed by atoms with Crippen LogP contribution >= 0.6 is 11.8 Å². The zero-order chi connectivity index (χ0) is 23.1. The van der Waals surface area contributed by atoms with Crippen molar-refractivity contribution in [3.8, 4) is 5.75 Å². The van der Waals surface area contributed by atoms with Gasteiger partial charge >= 0.3 is 5.97 Å². The molecule has 32 heavy (non-hydrogen) atoms. The number of carbonyl (C=O) groups excluding carboxylic acids is 2. The number of ether oxygens (including phenoxy) is 2. The van der Waals surface area contributed by atoms with Crippen LogP contribution in [0, 0.1) is 5.82 Å². The van der Waals surface area contributed by atoms with Gasteiger partial charge in [-0.1, -0.05) is 49.0 Å². The molecule has 0 saturated carbocycles. The number of benzene rings is 2. The fourth-order valence-electron chi connectivity index (χ4n) is 2.80. The number of nitrogens with zero attached hydrogens (tertiary/aromatic N) is 1. The molecule has 0 saturated heterocycles. The van der Waals surface area contributed by atoms with E-state index < -0.39 is 11.9 Å². The third kappa shape index (κ3) is 5.64. The smallest absolute Gasteiger partial charge is 0.344 e. The lowest BCUT2D eigenvalue weighted by Gasteiger charge is -2.10. The summed E-state index contributed by atoms with van der Waals surface area (Å²) in [7, 11) is 0. The van der Waals surface area contributed by atoms with Crippen molar-refractivity contribution < 1.29 is 28.6 Å². The average molecular weight is 456 g/mol. The molecule has 1 aliphatic heterocycles. The van der Waals surface area contributed by atoms with E-state index in [2.05, 4.69) is 4.99 Å². The van der Waals surface area contributed by atoms with Crippen molar-refractivity contribution in [1.29, 1.82) is 0 Å². The number of aliphatic hydroxyl groups is 1. The molecular weight excluding hydrogens is 433 g/mol. The van der Waals surface area contributed by atoms with Crippen molar-refractivity contribution >= 4 is 34.8 Å². The number of amides is 1. The lowest BCUT2D eigenvalue weighted by molar-refractivity contribution is -0.138. The summed E-state index contributed by atoms with van der Waals surface area (Å²) in [6, 6.07) is 13.2. The van der Waals surface area contributed by atoms with Crippen LogP contribution in [0.25, 0.3) is 6.08 Å². The first-order valence-electron chi connectivity index (χ1n) is 10.0. The molecule has 1 heterocycles. The van der Waals surface area contributed by atoms with Crippen LogP contribution < -0.4 is 4.74 Å². The number of thioether (sulfide) groups is 1. The summed E-state index contributed by atoms with van der Waals surface area (Å²) >= 11 is 1.01. The van der Waals surface area contributed by atoms with E-state index in [1.165, 1.54) is 12.1 Å². The van der Waals surface area contributed by atoms with Crippen LogP contribution in [0.4, 0.5) is 4.39 Å². The first-order chi connectivity index (χ1) is 15.4. The summed E-state index contributed by atoms with van der Waals surface area (Å²) in [4.78, 5) is 28.5. The van der Waals surface area contributed by atoms with Gasteiger partial charge in [0.2, 0.25) is 5.91 Å². The quantitative estimate of drug-likeness (QED) is 0.578. The van der Waals surface area contributed by atoms with E-state index >= 15 is 0 Å². The van der Waals surface area contributed by atoms with E-state index in [1.807, 2.05) is 0 Å². The zero-order valence-electron chi connectivity index (χ0n) is 17.6.